The van der Waals surface area contributed by atoms with Crippen molar-refractivity contribution in [3.05, 3.63) is 0 Å². The molecule has 1 fully saturated rings. The van der Waals surface area contributed by atoms with E-state index in [1.807, 2.05) is 0 Å². The van der Waals surface area contributed by atoms with Gasteiger partial charge in [0.2, 0.25) is 0 Å². The van der Waals surface area contributed by atoms with Crippen LogP contribution in [0.15, 0.2) is 4.99 Å². The summed E-state index contributed by atoms with van der Waals surface area (Å²) in [5.41, 5.74) is 0.478. The van der Waals surface area contributed by atoms with Gasteiger partial charge in [0, 0.05) is 19.6 Å². The van der Waals surface area contributed by atoms with Gasteiger partial charge >= 0.3 is 0 Å². The second-order valence-corrected chi connectivity index (χ2v) is 6.34. The van der Waals surface area contributed by atoms with Crippen LogP contribution in [0.5, 0.6) is 0 Å². The molecular formula is C16H34N4. The largest absolute Gasteiger partial charge is 0.357 e. The Morgan fingerprint density at radius 1 is 1.15 bits per heavy atom. The molecule has 0 unspecified atom stereocenters. The molecule has 1 saturated carbocycles. The standard InChI is InChI=1S/C16H34N4/c1-5-16(10-7-8-11-16)14-19-15(17-6-2)18-12-9-13-20(3)4/h5-14H2,1-4H3,(H2,17,18,19). The van der Waals surface area contributed by atoms with Crippen LogP contribution in [0.25, 0.3) is 0 Å². The Balaban J connectivity index is 2.41. The average Bonchev–Trinajstić information content (AvgIpc) is 2.90. The van der Waals surface area contributed by atoms with Crippen molar-refractivity contribution in [2.45, 2.75) is 52.4 Å². The third kappa shape index (κ3) is 6.12. The zero-order chi connectivity index (χ0) is 14.8. The Morgan fingerprint density at radius 2 is 1.85 bits per heavy atom. The number of hydrogen-bond donors (Lipinski definition) is 2. The molecule has 4 nitrogen and oxygen atoms in total. The molecule has 0 amide bonds. The van der Waals surface area contributed by atoms with Crippen molar-refractivity contribution in [1.29, 1.82) is 0 Å². The van der Waals surface area contributed by atoms with Gasteiger partial charge in [-0.25, -0.2) is 0 Å². The van der Waals surface area contributed by atoms with Crippen LogP contribution in [-0.4, -0.2) is 51.1 Å². The van der Waals surface area contributed by atoms with Gasteiger partial charge in [-0.15, -0.1) is 0 Å². The number of rotatable bonds is 8. The van der Waals surface area contributed by atoms with E-state index in [1.54, 1.807) is 0 Å². The molecule has 4 heteroatoms. The molecule has 0 aliphatic heterocycles. The van der Waals surface area contributed by atoms with Crippen molar-refractivity contribution in [3.8, 4) is 0 Å². The molecule has 1 aliphatic carbocycles. The van der Waals surface area contributed by atoms with Gasteiger partial charge in [-0.1, -0.05) is 19.8 Å². The first-order valence-electron chi connectivity index (χ1n) is 8.29. The van der Waals surface area contributed by atoms with Crippen LogP contribution in [0.4, 0.5) is 0 Å². The van der Waals surface area contributed by atoms with E-state index >= 15 is 0 Å². The lowest BCUT2D eigenvalue weighted by Gasteiger charge is -2.25. The highest BCUT2D eigenvalue weighted by atomic mass is 15.2. The lowest BCUT2D eigenvalue weighted by molar-refractivity contribution is 0.297. The van der Waals surface area contributed by atoms with Gasteiger partial charge in [0.05, 0.1) is 0 Å². The van der Waals surface area contributed by atoms with Gasteiger partial charge in [-0.05, 0) is 58.7 Å². The Morgan fingerprint density at radius 3 is 2.40 bits per heavy atom. The van der Waals surface area contributed by atoms with Crippen molar-refractivity contribution >= 4 is 5.96 Å². The minimum absolute atomic E-state index is 0.478. The summed E-state index contributed by atoms with van der Waals surface area (Å²) in [6.45, 7) is 8.46. The molecule has 0 atom stereocenters. The topological polar surface area (TPSA) is 39.7 Å². The van der Waals surface area contributed by atoms with Crippen molar-refractivity contribution in [2.75, 3.05) is 40.3 Å². The summed E-state index contributed by atoms with van der Waals surface area (Å²) in [5, 5.41) is 6.81. The van der Waals surface area contributed by atoms with Crippen molar-refractivity contribution < 1.29 is 0 Å². The Bertz CT molecular complexity index is 280. The number of hydrogen-bond acceptors (Lipinski definition) is 2. The molecule has 20 heavy (non-hydrogen) atoms. The van der Waals surface area contributed by atoms with E-state index in [9.17, 15) is 0 Å². The zero-order valence-corrected chi connectivity index (χ0v) is 14.0. The van der Waals surface area contributed by atoms with E-state index in [0.29, 0.717) is 5.41 Å². The number of aliphatic imine (C=N–C) groups is 1. The first-order chi connectivity index (χ1) is 9.62. The summed E-state index contributed by atoms with van der Waals surface area (Å²) in [6.07, 6.45) is 7.89. The lowest BCUT2D eigenvalue weighted by atomic mass is 9.84. The van der Waals surface area contributed by atoms with Crippen molar-refractivity contribution in [1.82, 2.24) is 15.5 Å². The maximum Gasteiger partial charge on any atom is 0.191 e. The summed E-state index contributed by atoms with van der Waals surface area (Å²) in [6, 6.07) is 0. The van der Waals surface area contributed by atoms with E-state index < -0.39 is 0 Å². The molecule has 1 aliphatic rings. The minimum atomic E-state index is 0.478. The normalized spacial score (nSPS) is 18.6. The minimum Gasteiger partial charge on any atom is -0.357 e. The quantitative estimate of drug-likeness (QED) is 0.408. The maximum absolute atomic E-state index is 4.84. The highest BCUT2D eigenvalue weighted by Gasteiger charge is 2.31. The van der Waals surface area contributed by atoms with Crippen LogP contribution in [0.2, 0.25) is 0 Å². The van der Waals surface area contributed by atoms with Crippen molar-refractivity contribution in [3.63, 3.8) is 0 Å². The fraction of sp³-hybridized carbons (Fsp3) is 0.938. The molecule has 118 valence electrons. The van der Waals surface area contributed by atoms with Crippen molar-refractivity contribution in [2.24, 2.45) is 10.4 Å². The number of nitrogens with zero attached hydrogens (tertiary/aromatic N) is 2. The van der Waals surface area contributed by atoms with Gasteiger partial charge < -0.3 is 15.5 Å². The number of nitrogens with one attached hydrogen (secondary N) is 2. The molecule has 0 saturated heterocycles. The Kier molecular flexibility index (Phi) is 7.97. The fourth-order valence-electron chi connectivity index (χ4n) is 2.94. The predicted molar refractivity (Wildman–Crippen MR) is 88.3 cm³/mol. The van der Waals surface area contributed by atoms with E-state index in [1.165, 1.54) is 32.1 Å². The maximum atomic E-state index is 4.84. The monoisotopic (exact) mass is 282 g/mol. The van der Waals surface area contributed by atoms with E-state index in [2.05, 4.69) is 43.5 Å². The molecule has 0 aromatic rings. The van der Waals surface area contributed by atoms with Gasteiger partial charge in [0.1, 0.15) is 0 Å². The zero-order valence-electron chi connectivity index (χ0n) is 14.0. The van der Waals surface area contributed by atoms with Gasteiger partial charge in [-0.2, -0.15) is 0 Å². The first kappa shape index (κ1) is 17.3. The average molecular weight is 282 g/mol. The SMILES string of the molecule is CCNC(=NCC1(CC)CCCC1)NCCCN(C)C. The second-order valence-electron chi connectivity index (χ2n) is 6.34. The molecule has 0 aromatic heterocycles. The summed E-state index contributed by atoms with van der Waals surface area (Å²) < 4.78 is 0. The molecule has 0 spiro atoms. The van der Waals surface area contributed by atoms with Crippen LogP contribution in [-0.2, 0) is 0 Å². The van der Waals surface area contributed by atoms with E-state index in [4.69, 9.17) is 4.99 Å². The summed E-state index contributed by atoms with van der Waals surface area (Å²) >= 11 is 0. The fourth-order valence-corrected chi connectivity index (χ4v) is 2.94. The molecule has 2 N–H and O–H groups in total. The molecule has 0 heterocycles. The van der Waals surface area contributed by atoms with Crippen LogP contribution in [0.3, 0.4) is 0 Å². The molecule has 0 radical (unpaired) electrons. The Hall–Kier alpha value is -0.770. The summed E-state index contributed by atoms with van der Waals surface area (Å²) in [5.74, 6) is 0.992. The lowest BCUT2D eigenvalue weighted by Crippen LogP contribution is -2.39. The van der Waals surface area contributed by atoms with Gasteiger partial charge in [0.15, 0.2) is 5.96 Å². The third-order valence-electron chi connectivity index (χ3n) is 4.41. The van der Waals surface area contributed by atoms with Gasteiger partial charge in [0.25, 0.3) is 0 Å². The third-order valence-corrected chi connectivity index (χ3v) is 4.41. The Labute approximate surface area is 125 Å². The van der Waals surface area contributed by atoms with E-state index in [0.717, 1.165) is 38.6 Å². The first-order valence-corrected chi connectivity index (χ1v) is 8.29. The molecule has 1 rings (SSSR count). The smallest absolute Gasteiger partial charge is 0.191 e. The summed E-state index contributed by atoms with van der Waals surface area (Å²) in [4.78, 5) is 7.05. The highest BCUT2D eigenvalue weighted by molar-refractivity contribution is 5.79. The summed E-state index contributed by atoms with van der Waals surface area (Å²) in [7, 11) is 4.23. The van der Waals surface area contributed by atoms with Crippen LogP contribution >= 0.6 is 0 Å². The van der Waals surface area contributed by atoms with Crippen LogP contribution < -0.4 is 10.6 Å². The molecule has 0 bridgehead atoms. The highest BCUT2D eigenvalue weighted by Crippen LogP contribution is 2.41. The van der Waals surface area contributed by atoms with E-state index in [-0.39, 0.29) is 0 Å². The molecule has 0 aromatic carbocycles. The predicted octanol–water partition coefficient (Wildman–Crippen LogP) is 2.46. The number of guanidine groups is 1. The van der Waals surface area contributed by atoms with Gasteiger partial charge in [-0.3, -0.25) is 4.99 Å². The van der Waals surface area contributed by atoms with Crippen LogP contribution in [0.1, 0.15) is 52.4 Å². The van der Waals surface area contributed by atoms with Crippen LogP contribution in [0, 0.1) is 5.41 Å². The second kappa shape index (κ2) is 9.22. The molecular weight excluding hydrogens is 248 g/mol.